The molecule has 0 aromatic heterocycles. The Morgan fingerprint density at radius 3 is 2.18 bits per heavy atom. The molecule has 0 bridgehead atoms. The Labute approximate surface area is 130 Å². The molecule has 4 nitrogen and oxygen atoms in total. The third kappa shape index (κ3) is 3.64. The van der Waals surface area contributed by atoms with Crippen LogP contribution in [0.5, 0.6) is 0 Å². The lowest BCUT2D eigenvalue weighted by Crippen LogP contribution is -2.08. The van der Waals surface area contributed by atoms with E-state index >= 15 is 0 Å². The minimum Gasteiger partial charge on any atom is -0.478 e. The van der Waals surface area contributed by atoms with Gasteiger partial charge in [-0.2, -0.15) is 5.26 Å². The molecule has 0 spiro atoms. The maximum absolute atomic E-state index is 10.9. The minimum atomic E-state index is -0.959. The summed E-state index contributed by atoms with van der Waals surface area (Å²) in [6, 6.07) is 16.9. The van der Waals surface area contributed by atoms with Gasteiger partial charge in [0.2, 0.25) is 0 Å². The Morgan fingerprint density at radius 2 is 1.73 bits per heavy atom. The van der Waals surface area contributed by atoms with Gasteiger partial charge < -0.3 is 10.0 Å². The fraction of sp³-hybridized carbons (Fsp3) is 0.222. The Balaban J connectivity index is 2.15. The second kappa shape index (κ2) is 6.77. The smallest absolute Gasteiger partial charge is 0.335 e. The lowest BCUT2D eigenvalue weighted by Gasteiger charge is -2.14. The number of hydrogen-bond acceptors (Lipinski definition) is 3. The van der Waals surface area contributed by atoms with Crippen LogP contribution in [-0.4, -0.2) is 25.2 Å². The van der Waals surface area contributed by atoms with E-state index in [9.17, 15) is 10.1 Å². The van der Waals surface area contributed by atoms with E-state index in [0.29, 0.717) is 6.42 Å². The van der Waals surface area contributed by atoms with E-state index in [1.165, 1.54) is 12.1 Å². The van der Waals surface area contributed by atoms with Crippen LogP contribution in [0.25, 0.3) is 0 Å². The molecule has 0 saturated heterocycles. The molecule has 1 atom stereocenters. The molecule has 22 heavy (non-hydrogen) atoms. The van der Waals surface area contributed by atoms with Crippen LogP contribution >= 0.6 is 0 Å². The predicted octanol–water partition coefficient (Wildman–Crippen LogP) is 3.30. The molecule has 0 aliphatic carbocycles. The average Bonchev–Trinajstić information content (AvgIpc) is 2.53. The lowest BCUT2D eigenvalue weighted by molar-refractivity contribution is 0.0697. The van der Waals surface area contributed by atoms with E-state index in [1.54, 1.807) is 12.1 Å². The molecule has 1 N–H and O–H groups in total. The topological polar surface area (TPSA) is 64.3 Å². The molecule has 0 heterocycles. The molecule has 2 aromatic carbocycles. The van der Waals surface area contributed by atoms with E-state index in [0.717, 1.165) is 16.8 Å². The van der Waals surface area contributed by atoms with Gasteiger partial charge in [0.1, 0.15) is 0 Å². The van der Waals surface area contributed by atoms with Crippen LogP contribution in [0.3, 0.4) is 0 Å². The van der Waals surface area contributed by atoms with Gasteiger partial charge in [0.25, 0.3) is 0 Å². The summed E-state index contributed by atoms with van der Waals surface area (Å²) in [7, 11) is 3.97. The van der Waals surface area contributed by atoms with Crippen molar-refractivity contribution < 1.29 is 9.90 Å². The number of benzene rings is 2. The van der Waals surface area contributed by atoms with Crippen LogP contribution in [0, 0.1) is 11.3 Å². The normalized spacial score (nSPS) is 11.5. The van der Waals surface area contributed by atoms with Crippen molar-refractivity contribution in [3.8, 4) is 6.07 Å². The molecule has 0 saturated carbocycles. The van der Waals surface area contributed by atoms with Gasteiger partial charge in [-0.25, -0.2) is 4.79 Å². The zero-order valence-electron chi connectivity index (χ0n) is 12.7. The van der Waals surface area contributed by atoms with Crippen molar-refractivity contribution >= 4 is 11.7 Å². The second-order valence-corrected chi connectivity index (χ2v) is 5.37. The Kier molecular flexibility index (Phi) is 4.80. The molecule has 0 fully saturated rings. The number of carboxylic acid groups (broad SMARTS) is 1. The average molecular weight is 294 g/mol. The zero-order valence-corrected chi connectivity index (χ0v) is 12.7. The number of rotatable bonds is 5. The van der Waals surface area contributed by atoms with E-state index in [1.807, 2.05) is 43.3 Å². The van der Waals surface area contributed by atoms with Gasteiger partial charge in [0, 0.05) is 19.8 Å². The molecule has 112 valence electrons. The first-order chi connectivity index (χ1) is 10.5. The van der Waals surface area contributed by atoms with Crippen molar-refractivity contribution in [3.05, 3.63) is 65.2 Å². The minimum absolute atomic E-state index is 0.232. The number of anilines is 1. The fourth-order valence-electron chi connectivity index (χ4n) is 2.26. The van der Waals surface area contributed by atoms with E-state index in [4.69, 9.17) is 5.11 Å². The Hall–Kier alpha value is -2.80. The van der Waals surface area contributed by atoms with Crippen LogP contribution in [0.1, 0.15) is 27.4 Å². The monoisotopic (exact) mass is 294 g/mol. The highest BCUT2D eigenvalue weighted by molar-refractivity contribution is 5.87. The summed E-state index contributed by atoms with van der Waals surface area (Å²) in [5.74, 6) is -1.24. The Bertz CT molecular complexity index is 683. The third-order valence-corrected chi connectivity index (χ3v) is 3.61. The predicted molar refractivity (Wildman–Crippen MR) is 86.2 cm³/mol. The summed E-state index contributed by atoms with van der Waals surface area (Å²) in [4.78, 5) is 12.9. The van der Waals surface area contributed by atoms with Gasteiger partial charge in [-0.3, -0.25) is 0 Å². The molecule has 0 amide bonds. The maximum Gasteiger partial charge on any atom is 0.335 e. The summed E-state index contributed by atoms with van der Waals surface area (Å²) < 4.78 is 0. The lowest BCUT2D eigenvalue weighted by atomic mass is 9.92. The summed E-state index contributed by atoms with van der Waals surface area (Å²) in [6.45, 7) is 0. The quantitative estimate of drug-likeness (QED) is 0.919. The van der Waals surface area contributed by atoms with Gasteiger partial charge in [-0.15, -0.1) is 0 Å². The molecular weight excluding hydrogens is 276 g/mol. The van der Waals surface area contributed by atoms with Crippen molar-refractivity contribution in [3.63, 3.8) is 0 Å². The molecule has 2 rings (SSSR count). The maximum atomic E-state index is 10.9. The molecule has 1 unspecified atom stereocenters. The van der Waals surface area contributed by atoms with Crippen LogP contribution in [-0.2, 0) is 6.42 Å². The van der Waals surface area contributed by atoms with Crippen molar-refractivity contribution in [2.75, 3.05) is 19.0 Å². The van der Waals surface area contributed by atoms with Crippen molar-refractivity contribution in [2.45, 2.75) is 12.3 Å². The molecule has 0 aliphatic rings. The molecule has 0 aliphatic heterocycles. The molecule has 0 radical (unpaired) electrons. The fourth-order valence-corrected chi connectivity index (χ4v) is 2.26. The number of nitriles is 1. The Morgan fingerprint density at radius 1 is 1.14 bits per heavy atom. The van der Waals surface area contributed by atoms with E-state index in [2.05, 4.69) is 6.07 Å². The highest BCUT2D eigenvalue weighted by atomic mass is 16.4. The molecular formula is C18H18N2O2. The largest absolute Gasteiger partial charge is 0.478 e. The SMILES string of the molecule is CN(C)c1ccc(CC(C#N)c2ccc(C(=O)O)cc2)cc1. The van der Waals surface area contributed by atoms with Gasteiger partial charge in [0.15, 0.2) is 0 Å². The third-order valence-electron chi connectivity index (χ3n) is 3.61. The van der Waals surface area contributed by atoms with Crippen LogP contribution in [0.4, 0.5) is 5.69 Å². The van der Waals surface area contributed by atoms with Gasteiger partial charge in [0.05, 0.1) is 17.6 Å². The number of carbonyl (C=O) groups is 1. The first-order valence-electron chi connectivity index (χ1n) is 7.00. The van der Waals surface area contributed by atoms with Crippen molar-refractivity contribution in [1.82, 2.24) is 0 Å². The number of carboxylic acids is 1. The summed E-state index contributed by atoms with van der Waals surface area (Å²) in [5, 5.41) is 18.3. The van der Waals surface area contributed by atoms with Crippen molar-refractivity contribution in [1.29, 1.82) is 5.26 Å². The highest BCUT2D eigenvalue weighted by Gasteiger charge is 2.13. The van der Waals surface area contributed by atoms with Crippen LogP contribution < -0.4 is 4.90 Å². The van der Waals surface area contributed by atoms with Gasteiger partial charge in [-0.05, 0) is 41.8 Å². The highest BCUT2D eigenvalue weighted by Crippen LogP contribution is 2.22. The van der Waals surface area contributed by atoms with Crippen LogP contribution in [0.15, 0.2) is 48.5 Å². The molecule has 4 heteroatoms. The van der Waals surface area contributed by atoms with Gasteiger partial charge in [-0.1, -0.05) is 24.3 Å². The first-order valence-corrected chi connectivity index (χ1v) is 7.00. The summed E-state index contributed by atoms with van der Waals surface area (Å²) in [6.07, 6.45) is 0.608. The number of aromatic carboxylic acids is 1. The van der Waals surface area contributed by atoms with E-state index in [-0.39, 0.29) is 11.5 Å². The van der Waals surface area contributed by atoms with Crippen LogP contribution in [0.2, 0.25) is 0 Å². The second-order valence-electron chi connectivity index (χ2n) is 5.37. The zero-order chi connectivity index (χ0) is 16.1. The summed E-state index contributed by atoms with van der Waals surface area (Å²) >= 11 is 0. The van der Waals surface area contributed by atoms with Gasteiger partial charge >= 0.3 is 5.97 Å². The molecule has 2 aromatic rings. The summed E-state index contributed by atoms with van der Waals surface area (Å²) in [5.41, 5.74) is 3.27. The van der Waals surface area contributed by atoms with Crippen molar-refractivity contribution in [2.24, 2.45) is 0 Å². The first kappa shape index (κ1) is 15.6. The number of hydrogen-bond donors (Lipinski definition) is 1. The standard InChI is InChI=1S/C18H18N2O2/c1-20(2)17-9-3-13(4-10-17)11-16(12-19)14-5-7-15(8-6-14)18(21)22/h3-10,16H,11H2,1-2H3,(H,21,22). The van der Waals surface area contributed by atoms with E-state index < -0.39 is 5.97 Å². The number of nitrogens with zero attached hydrogens (tertiary/aromatic N) is 2.